The Bertz CT molecular complexity index is 988. The third-order valence-corrected chi connectivity index (χ3v) is 4.27. The first kappa shape index (κ1) is 21.0. The second kappa shape index (κ2) is 10.2. The zero-order valence-corrected chi connectivity index (χ0v) is 16.9. The number of rotatable bonds is 10. The highest BCUT2D eigenvalue weighted by Crippen LogP contribution is 2.24. The zero-order chi connectivity index (χ0) is 21.3. The van der Waals surface area contributed by atoms with Crippen LogP contribution in [0.2, 0.25) is 0 Å². The summed E-state index contributed by atoms with van der Waals surface area (Å²) in [6, 6.07) is 16.4. The van der Waals surface area contributed by atoms with Crippen LogP contribution in [-0.4, -0.2) is 40.2 Å². The average Bonchev–Trinajstić information content (AvgIpc) is 3.12. The molecule has 1 unspecified atom stereocenters. The van der Waals surface area contributed by atoms with Gasteiger partial charge in [0.15, 0.2) is 11.9 Å². The van der Waals surface area contributed by atoms with Crippen molar-refractivity contribution >= 4 is 18.2 Å². The molecule has 1 atom stereocenters. The number of hydrogen-bond donors (Lipinski definition) is 1. The maximum atomic E-state index is 11.6. The molecule has 8 nitrogen and oxygen atoms in total. The molecule has 3 rings (SSSR count). The van der Waals surface area contributed by atoms with E-state index in [4.69, 9.17) is 9.47 Å². The third-order valence-electron chi connectivity index (χ3n) is 4.27. The molecule has 1 N–H and O–H groups in total. The number of nitrogens with one attached hydrogen (secondary N) is 1. The minimum atomic E-state index is -0.668. The van der Waals surface area contributed by atoms with E-state index in [2.05, 4.69) is 15.4 Å². The Kier molecular flexibility index (Phi) is 7.15. The predicted molar refractivity (Wildman–Crippen MR) is 111 cm³/mol. The lowest BCUT2D eigenvalue weighted by Gasteiger charge is -2.13. The number of aromatic nitrogens is 3. The molecule has 8 heteroatoms. The zero-order valence-electron chi connectivity index (χ0n) is 16.9. The number of benzene rings is 2. The van der Waals surface area contributed by atoms with Crippen LogP contribution in [0.15, 0.2) is 54.6 Å². The van der Waals surface area contributed by atoms with Gasteiger partial charge in [0.1, 0.15) is 12.0 Å². The molecule has 1 heterocycles. The van der Waals surface area contributed by atoms with Gasteiger partial charge in [0, 0.05) is 31.6 Å². The van der Waals surface area contributed by atoms with Crippen LogP contribution in [0.4, 0.5) is 5.95 Å². The van der Waals surface area contributed by atoms with Crippen LogP contribution in [0.25, 0.3) is 0 Å². The Labute approximate surface area is 174 Å². The molecule has 0 amide bonds. The summed E-state index contributed by atoms with van der Waals surface area (Å²) < 4.78 is 12.7. The number of esters is 1. The lowest BCUT2D eigenvalue weighted by molar-refractivity contribution is -0.145. The van der Waals surface area contributed by atoms with Crippen LogP contribution in [0.3, 0.4) is 0 Å². The van der Waals surface area contributed by atoms with Crippen LogP contribution < -0.4 is 10.1 Å². The second-order valence-corrected chi connectivity index (χ2v) is 6.64. The van der Waals surface area contributed by atoms with Gasteiger partial charge in [0.25, 0.3) is 0 Å². The van der Waals surface area contributed by atoms with Crippen LogP contribution >= 0.6 is 0 Å². The summed E-state index contributed by atoms with van der Waals surface area (Å²) in [6.45, 7) is 2.46. The lowest BCUT2D eigenvalue weighted by atomic mass is 10.1. The van der Waals surface area contributed by atoms with Gasteiger partial charge in [0.2, 0.25) is 5.95 Å². The van der Waals surface area contributed by atoms with Crippen molar-refractivity contribution in [3.63, 3.8) is 0 Å². The Morgan fingerprint density at radius 1 is 1.20 bits per heavy atom. The number of anilines is 1. The van der Waals surface area contributed by atoms with E-state index in [-0.39, 0.29) is 0 Å². The first-order valence-corrected chi connectivity index (χ1v) is 9.62. The molecule has 0 saturated carbocycles. The Hall–Kier alpha value is -3.68. The summed E-state index contributed by atoms with van der Waals surface area (Å²) in [5, 5.41) is 7.62. The summed E-state index contributed by atoms with van der Waals surface area (Å²) in [5.74, 6) is 1.23. The molecule has 1 aromatic heterocycles. The van der Waals surface area contributed by atoms with Crippen LogP contribution in [-0.2, 0) is 16.6 Å². The first-order valence-electron chi connectivity index (χ1n) is 9.62. The van der Waals surface area contributed by atoms with E-state index in [1.54, 1.807) is 29.9 Å². The van der Waals surface area contributed by atoms with Gasteiger partial charge >= 0.3 is 5.97 Å². The maximum absolute atomic E-state index is 11.6. The minimum absolute atomic E-state index is 0.401. The molecule has 156 valence electrons. The maximum Gasteiger partial charge on any atom is 0.303 e. The molecule has 0 bridgehead atoms. The van der Waals surface area contributed by atoms with Gasteiger partial charge in [-0.2, -0.15) is 10.1 Å². The topological polar surface area (TPSA) is 95.3 Å². The fourth-order valence-corrected chi connectivity index (χ4v) is 2.87. The summed E-state index contributed by atoms with van der Waals surface area (Å²) in [6.07, 6.45) is 0.844. The number of hydrogen-bond acceptors (Lipinski definition) is 7. The SMILES string of the molecule is CC(=O)OC(c1ccccc1)c1nc(NCCCOc2cccc(C=O)c2)n(C)n1. The molecule has 0 saturated heterocycles. The second-order valence-electron chi connectivity index (χ2n) is 6.64. The van der Waals surface area contributed by atoms with Crippen molar-refractivity contribution in [1.29, 1.82) is 0 Å². The van der Waals surface area contributed by atoms with Crippen molar-refractivity contribution in [3.8, 4) is 5.75 Å². The highest BCUT2D eigenvalue weighted by Gasteiger charge is 2.23. The Balaban J connectivity index is 1.57. The minimum Gasteiger partial charge on any atom is -0.494 e. The van der Waals surface area contributed by atoms with Crippen LogP contribution in [0.5, 0.6) is 5.75 Å². The fourth-order valence-electron chi connectivity index (χ4n) is 2.87. The highest BCUT2D eigenvalue weighted by molar-refractivity contribution is 5.75. The highest BCUT2D eigenvalue weighted by atomic mass is 16.5. The van der Waals surface area contributed by atoms with Crippen molar-refractivity contribution in [2.75, 3.05) is 18.5 Å². The van der Waals surface area contributed by atoms with E-state index in [0.717, 1.165) is 18.3 Å². The summed E-state index contributed by atoms with van der Waals surface area (Å²) in [4.78, 5) is 26.9. The van der Waals surface area contributed by atoms with E-state index in [1.807, 2.05) is 36.4 Å². The van der Waals surface area contributed by atoms with Crippen molar-refractivity contribution in [1.82, 2.24) is 14.8 Å². The summed E-state index contributed by atoms with van der Waals surface area (Å²) in [5.41, 5.74) is 1.38. The van der Waals surface area contributed by atoms with Crippen molar-refractivity contribution < 1.29 is 19.1 Å². The van der Waals surface area contributed by atoms with E-state index in [0.29, 0.717) is 36.2 Å². The molecule has 2 aromatic carbocycles. The smallest absolute Gasteiger partial charge is 0.303 e. The number of aryl methyl sites for hydroxylation is 1. The van der Waals surface area contributed by atoms with Crippen molar-refractivity contribution in [2.45, 2.75) is 19.4 Å². The molecule has 3 aromatic rings. The monoisotopic (exact) mass is 408 g/mol. The van der Waals surface area contributed by atoms with Gasteiger partial charge in [-0.3, -0.25) is 9.59 Å². The normalized spacial score (nSPS) is 11.5. The number of ether oxygens (including phenoxy) is 2. The van der Waals surface area contributed by atoms with E-state index in [9.17, 15) is 9.59 Å². The van der Waals surface area contributed by atoms with Crippen LogP contribution in [0, 0.1) is 0 Å². The predicted octanol–water partition coefficient (Wildman–Crippen LogP) is 3.16. The Morgan fingerprint density at radius 2 is 2.00 bits per heavy atom. The largest absolute Gasteiger partial charge is 0.494 e. The molecule has 0 radical (unpaired) electrons. The molecule has 0 aliphatic heterocycles. The van der Waals surface area contributed by atoms with E-state index < -0.39 is 12.1 Å². The van der Waals surface area contributed by atoms with Crippen molar-refractivity contribution in [2.24, 2.45) is 7.05 Å². The molecule has 0 aliphatic rings. The molecule has 0 aliphatic carbocycles. The van der Waals surface area contributed by atoms with E-state index >= 15 is 0 Å². The van der Waals surface area contributed by atoms with Gasteiger partial charge in [0.05, 0.1) is 6.61 Å². The molecule has 30 heavy (non-hydrogen) atoms. The third kappa shape index (κ3) is 5.66. The fraction of sp³-hybridized carbons (Fsp3) is 0.273. The van der Waals surface area contributed by atoms with Gasteiger partial charge in [-0.25, -0.2) is 4.68 Å². The number of carbonyl (C=O) groups excluding carboxylic acids is 2. The average molecular weight is 408 g/mol. The van der Waals surface area contributed by atoms with Gasteiger partial charge in [-0.15, -0.1) is 0 Å². The molecular weight excluding hydrogens is 384 g/mol. The quantitative estimate of drug-likeness (QED) is 0.313. The molecule has 0 spiro atoms. The standard InChI is InChI=1S/C22H24N4O4/c1-16(28)30-20(18-9-4-3-5-10-18)21-24-22(26(2)25-21)23-12-7-13-29-19-11-6-8-17(14-19)15-27/h3-6,8-11,14-15,20H,7,12-13H2,1-2H3,(H,23,24,25). The van der Waals surface area contributed by atoms with Crippen molar-refractivity contribution in [3.05, 3.63) is 71.5 Å². The molecular formula is C22H24N4O4. The van der Waals surface area contributed by atoms with E-state index in [1.165, 1.54) is 6.92 Å². The van der Waals surface area contributed by atoms with Gasteiger partial charge in [-0.1, -0.05) is 42.5 Å². The van der Waals surface area contributed by atoms with Gasteiger partial charge < -0.3 is 14.8 Å². The summed E-state index contributed by atoms with van der Waals surface area (Å²) >= 11 is 0. The Morgan fingerprint density at radius 3 is 2.73 bits per heavy atom. The lowest BCUT2D eigenvalue weighted by Crippen LogP contribution is -2.12. The number of nitrogens with zero attached hydrogens (tertiary/aromatic N) is 3. The first-order chi connectivity index (χ1) is 14.6. The van der Waals surface area contributed by atoms with Crippen LogP contribution in [0.1, 0.15) is 41.2 Å². The molecule has 0 fully saturated rings. The summed E-state index contributed by atoms with van der Waals surface area (Å²) in [7, 11) is 1.77. The van der Waals surface area contributed by atoms with Gasteiger partial charge in [-0.05, 0) is 18.6 Å². The number of aldehydes is 1. The number of carbonyl (C=O) groups is 2.